The number of benzene rings is 1. The Kier molecular flexibility index (Phi) is 8.06. The maximum atomic E-state index is 11.7. The predicted molar refractivity (Wildman–Crippen MR) is 112 cm³/mol. The lowest BCUT2D eigenvalue weighted by Gasteiger charge is -2.12. The van der Waals surface area contributed by atoms with E-state index in [1.165, 1.54) is 4.88 Å². The maximum absolute atomic E-state index is 11.7. The number of hydrogen-bond acceptors (Lipinski definition) is 4. The predicted octanol–water partition coefficient (Wildman–Crippen LogP) is 3.10. The van der Waals surface area contributed by atoms with E-state index in [0.29, 0.717) is 13.1 Å². The molecule has 2 amide bonds. The van der Waals surface area contributed by atoms with Gasteiger partial charge in [-0.25, -0.2) is 9.78 Å². The van der Waals surface area contributed by atoms with E-state index >= 15 is 0 Å². The molecule has 1 aromatic heterocycles. The van der Waals surface area contributed by atoms with Crippen LogP contribution in [0.2, 0.25) is 0 Å². The molecule has 2 rings (SSSR count). The number of hydrogen-bond donors (Lipinski definition) is 4. The first kappa shape index (κ1) is 20.7. The minimum absolute atomic E-state index is 0.102. The molecule has 0 aliphatic rings. The average molecular weight is 389 g/mol. The lowest BCUT2D eigenvalue weighted by Crippen LogP contribution is -2.36. The second-order valence-electron chi connectivity index (χ2n) is 6.30. The molecule has 2 aromatic rings. The molecule has 1 aromatic carbocycles. The van der Waals surface area contributed by atoms with Crippen LogP contribution in [0.5, 0.6) is 0 Å². The van der Waals surface area contributed by atoms with Crippen LogP contribution in [0.25, 0.3) is 0 Å². The number of aromatic nitrogens is 1. The monoisotopic (exact) mass is 388 g/mol. The van der Waals surface area contributed by atoms with E-state index in [2.05, 4.69) is 38.2 Å². The number of amides is 2. The molecule has 0 atom stereocenters. The summed E-state index contributed by atoms with van der Waals surface area (Å²) < 4.78 is 0. The molecule has 0 aliphatic carbocycles. The van der Waals surface area contributed by atoms with E-state index < -0.39 is 0 Å². The fourth-order valence-electron chi connectivity index (χ4n) is 2.29. The second kappa shape index (κ2) is 10.5. The molecule has 0 saturated heterocycles. The highest BCUT2D eigenvalue weighted by molar-refractivity contribution is 7.11. The third-order valence-electron chi connectivity index (χ3n) is 3.67. The number of aryl methyl sites for hydroxylation is 1. The summed E-state index contributed by atoms with van der Waals surface area (Å²) in [6.07, 6.45) is 2.93. The molecule has 1 heterocycles. The van der Waals surface area contributed by atoms with E-state index in [1.807, 2.05) is 44.3 Å². The molecule has 7 nitrogen and oxygen atoms in total. The van der Waals surface area contributed by atoms with E-state index in [4.69, 9.17) is 0 Å². The molecule has 0 unspecified atom stereocenters. The van der Waals surface area contributed by atoms with Crippen LogP contribution < -0.4 is 21.3 Å². The van der Waals surface area contributed by atoms with Gasteiger partial charge < -0.3 is 21.3 Å². The van der Waals surface area contributed by atoms with Crippen molar-refractivity contribution in [1.29, 1.82) is 0 Å². The van der Waals surface area contributed by atoms with Gasteiger partial charge in [0.2, 0.25) is 0 Å². The van der Waals surface area contributed by atoms with Gasteiger partial charge in [0.1, 0.15) is 5.01 Å². The third-order valence-corrected chi connectivity index (χ3v) is 4.81. The zero-order valence-corrected chi connectivity index (χ0v) is 17.1. The van der Waals surface area contributed by atoms with Gasteiger partial charge in [-0.1, -0.05) is 19.1 Å². The molecule has 0 fully saturated rings. The van der Waals surface area contributed by atoms with Crippen LogP contribution in [-0.2, 0) is 19.5 Å². The van der Waals surface area contributed by atoms with E-state index in [9.17, 15) is 4.79 Å². The molecule has 27 heavy (non-hydrogen) atoms. The molecule has 8 heteroatoms. The quantitative estimate of drug-likeness (QED) is 0.433. The lowest BCUT2D eigenvalue weighted by atomic mass is 10.2. The number of guanidine groups is 1. The summed E-state index contributed by atoms with van der Waals surface area (Å²) in [6.45, 7) is 7.26. The number of thiazole rings is 1. The third kappa shape index (κ3) is 7.26. The first-order valence-corrected chi connectivity index (χ1v) is 9.86. The zero-order chi connectivity index (χ0) is 19.6. The first-order valence-electron chi connectivity index (χ1n) is 9.04. The highest BCUT2D eigenvalue weighted by Crippen LogP contribution is 2.13. The fourth-order valence-corrected chi connectivity index (χ4v) is 3.10. The smallest absolute Gasteiger partial charge is 0.319 e. The number of aliphatic imine (C=N–C) groups is 1. The van der Waals surface area contributed by atoms with Gasteiger partial charge in [-0.15, -0.1) is 11.3 Å². The molecular formula is C19H28N6OS. The number of carbonyl (C=O) groups excluding carboxylic acids is 1. The molecule has 0 bridgehead atoms. The minimum atomic E-state index is -0.200. The van der Waals surface area contributed by atoms with E-state index in [1.54, 1.807) is 18.4 Å². The van der Waals surface area contributed by atoms with Crippen LogP contribution in [0.3, 0.4) is 0 Å². The normalized spacial score (nSPS) is 11.4. The molecule has 0 radical (unpaired) electrons. The Bertz CT molecular complexity index is 754. The van der Waals surface area contributed by atoms with Gasteiger partial charge in [0, 0.05) is 36.4 Å². The summed E-state index contributed by atoms with van der Waals surface area (Å²) in [6, 6.07) is 7.61. The molecule has 0 aliphatic heterocycles. The Morgan fingerprint density at radius 2 is 1.89 bits per heavy atom. The van der Waals surface area contributed by atoms with Crippen molar-refractivity contribution in [2.24, 2.45) is 4.99 Å². The largest absolute Gasteiger partial charge is 0.352 e. The number of rotatable bonds is 7. The average Bonchev–Trinajstić information content (AvgIpc) is 3.10. The van der Waals surface area contributed by atoms with Crippen LogP contribution in [0.1, 0.15) is 36.2 Å². The zero-order valence-electron chi connectivity index (χ0n) is 16.3. The van der Waals surface area contributed by atoms with Gasteiger partial charge in [0.15, 0.2) is 5.96 Å². The van der Waals surface area contributed by atoms with Gasteiger partial charge >= 0.3 is 6.03 Å². The summed E-state index contributed by atoms with van der Waals surface area (Å²) in [5.74, 6) is 0.724. The van der Waals surface area contributed by atoms with Crippen molar-refractivity contribution in [2.45, 2.75) is 46.3 Å². The number of carbonyl (C=O) groups is 1. The SMILES string of the molecule is CCc1cnc(CNC(=NC)NCc2ccc(NC(=O)NC(C)C)cc2)s1. The fraction of sp³-hybridized carbons (Fsp3) is 0.421. The Hall–Kier alpha value is -2.61. The van der Waals surface area contributed by atoms with Crippen LogP contribution >= 0.6 is 11.3 Å². The standard InChI is InChI=1S/C19H28N6OS/c1-5-16-11-21-17(27-16)12-23-18(20-4)22-10-14-6-8-15(9-7-14)25-19(26)24-13(2)3/h6-9,11,13H,5,10,12H2,1-4H3,(H2,20,22,23)(H2,24,25,26). The summed E-state index contributed by atoms with van der Waals surface area (Å²) in [5.41, 5.74) is 1.85. The van der Waals surface area contributed by atoms with Crippen LogP contribution in [0.4, 0.5) is 10.5 Å². The van der Waals surface area contributed by atoms with Gasteiger partial charge in [-0.05, 0) is 38.0 Å². The molecule has 146 valence electrons. The Morgan fingerprint density at radius 3 is 2.48 bits per heavy atom. The second-order valence-corrected chi connectivity index (χ2v) is 7.50. The van der Waals surface area contributed by atoms with Crippen molar-refractivity contribution in [3.8, 4) is 0 Å². The van der Waals surface area contributed by atoms with E-state index in [0.717, 1.165) is 28.6 Å². The topological polar surface area (TPSA) is 90.4 Å². The van der Waals surface area contributed by atoms with Gasteiger partial charge in [-0.2, -0.15) is 0 Å². The van der Waals surface area contributed by atoms with Crippen molar-refractivity contribution in [3.05, 3.63) is 45.9 Å². The summed E-state index contributed by atoms with van der Waals surface area (Å²) in [7, 11) is 1.75. The van der Waals surface area contributed by atoms with Gasteiger partial charge in [0.05, 0.1) is 6.54 Å². The molecule has 4 N–H and O–H groups in total. The summed E-state index contributed by atoms with van der Waals surface area (Å²) >= 11 is 1.71. The Labute approximate surface area is 164 Å². The van der Waals surface area contributed by atoms with Gasteiger partial charge in [0.25, 0.3) is 0 Å². The van der Waals surface area contributed by atoms with Crippen molar-refractivity contribution >= 4 is 29.0 Å². The van der Waals surface area contributed by atoms with Crippen LogP contribution in [0.15, 0.2) is 35.5 Å². The van der Waals surface area contributed by atoms with Crippen molar-refractivity contribution < 1.29 is 4.79 Å². The number of anilines is 1. The van der Waals surface area contributed by atoms with Crippen molar-refractivity contribution in [1.82, 2.24) is 20.9 Å². The Morgan fingerprint density at radius 1 is 1.19 bits per heavy atom. The first-order chi connectivity index (χ1) is 13.0. The number of nitrogens with zero attached hydrogens (tertiary/aromatic N) is 2. The van der Waals surface area contributed by atoms with Crippen LogP contribution in [-0.4, -0.2) is 30.1 Å². The maximum Gasteiger partial charge on any atom is 0.319 e. The minimum Gasteiger partial charge on any atom is -0.352 e. The Balaban J connectivity index is 1.79. The molecular weight excluding hydrogens is 360 g/mol. The molecule has 0 spiro atoms. The highest BCUT2D eigenvalue weighted by Gasteiger charge is 2.05. The van der Waals surface area contributed by atoms with Gasteiger partial charge in [-0.3, -0.25) is 4.99 Å². The van der Waals surface area contributed by atoms with E-state index in [-0.39, 0.29) is 12.1 Å². The molecule has 0 saturated carbocycles. The van der Waals surface area contributed by atoms with Crippen molar-refractivity contribution in [3.63, 3.8) is 0 Å². The van der Waals surface area contributed by atoms with Crippen molar-refractivity contribution in [2.75, 3.05) is 12.4 Å². The summed E-state index contributed by atoms with van der Waals surface area (Å²) in [4.78, 5) is 21.6. The number of urea groups is 1. The number of nitrogens with one attached hydrogen (secondary N) is 4. The highest BCUT2D eigenvalue weighted by atomic mass is 32.1. The summed E-state index contributed by atoms with van der Waals surface area (Å²) in [5, 5.41) is 13.2. The van der Waals surface area contributed by atoms with Crippen LogP contribution in [0, 0.1) is 0 Å². The lowest BCUT2D eigenvalue weighted by molar-refractivity contribution is 0.250.